The van der Waals surface area contributed by atoms with Crippen LogP contribution in [0.3, 0.4) is 0 Å². The van der Waals surface area contributed by atoms with Crippen LogP contribution in [0.15, 0.2) is 41.2 Å². The molecule has 2 aliphatic rings. The Hall–Kier alpha value is -2.40. The second-order valence-corrected chi connectivity index (χ2v) is 6.41. The van der Waals surface area contributed by atoms with Crippen LogP contribution in [0.4, 0.5) is 0 Å². The van der Waals surface area contributed by atoms with Gasteiger partial charge in [0.15, 0.2) is 5.89 Å². The molecular formula is C18H17N3O2. The molecule has 3 atom stereocenters. The standard InChI is InChI=1S/C18H17N3O2/c1-10-20-16-15(23-10)7-6-13(18(16)22)17-12-5-3-2-4-11(12)14-8-19-9-21(14)17/h2-5,8-9,13,17-18,22H,6-7H2,1H3/t13-,17?,18-/m0/s1. The molecule has 1 N–H and O–H groups in total. The Morgan fingerprint density at radius 1 is 1.30 bits per heavy atom. The highest BCUT2D eigenvalue weighted by Crippen LogP contribution is 2.49. The number of hydrogen-bond donors (Lipinski definition) is 1. The summed E-state index contributed by atoms with van der Waals surface area (Å²) in [4.78, 5) is 8.72. The molecule has 0 spiro atoms. The van der Waals surface area contributed by atoms with E-state index in [0.717, 1.165) is 24.3 Å². The Kier molecular flexibility index (Phi) is 2.59. The van der Waals surface area contributed by atoms with Gasteiger partial charge in [-0.15, -0.1) is 0 Å². The third kappa shape index (κ3) is 1.71. The second kappa shape index (κ2) is 4.55. The van der Waals surface area contributed by atoms with Gasteiger partial charge in [-0.2, -0.15) is 0 Å². The summed E-state index contributed by atoms with van der Waals surface area (Å²) in [6.45, 7) is 1.83. The molecule has 0 amide bonds. The minimum Gasteiger partial charge on any atom is -0.446 e. The largest absolute Gasteiger partial charge is 0.446 e. The average molecular weight is 307 g/mol. The van der Waals surface area contributed by atoms with Crippen LogP contribution < -0.4 is 0 Å². The maximum absolute atomic E-state index is 10.9. The van der Waals surface area contributed by atoms with Crippen molar-refractivity contribution in [2.24, 2.45) is 5.92 Å². The quantitative estimate of drug-likeness (QED) is 0.750. The average Bonchev–Trinajstić information content (AvgIpc) is 3.22. The first-order chi connectivity index (χ1) is 11.2. The van der Waals surface area contributed by atoms with E-state index < -0.39 is 6.10 Å². The van der Waals surface area contributed by atoms with Crippen LogP contribution in [0, 0.1) is 12.8 Å². The van der Waals surface area contributed by atoms with E-state index in [1.807, 2.05) is 19.4 Å². The minimum absolute atomic E-state index is 0.0728. The minimum atomic E-state index is -0.609. The van der Waals surface area contributed by atoms with Crippen LogP contribution in [0.5, 0.6) is 0 Å². The van der Waals surface area contributed by atoms with Crippen molar-refractivity contribution < 1.29 is 9.52 Å². The zero-order chi connectivity index (χ0) is 15.6. The van der Waals surface area contributed by atoms with Crippen LogP contribution in [-0.2, 0) is 6.42 Å². The van der Waals surface area contributed by atoms with Gasteiger partial charge in [-0.05, 0) is 12.0 Å². The van der Waals surface area contributed by atoms with Gasteiger partial charge in [0, 0.05) is 24.8 Å². The molecule has 1 unspecified atom stereocenters. The zero-order valence-corrected chi connectivity index (χ0v) is 12.8. The molecule has 0 bridgehead atoms. The number of benzene rings is 1. The highest BCUT2D eigenvalue weighted by Gasteiger charge is 2.42. The second-order valence-electron chi connectivity index (χ2n) is 6.41. The number of aliphatic hydroxyl groups is 1. The number of rotatable bonds is 1. The summed E-state index contributed by atoms with van der Waals surface area (Å²) in [6.07, 6.45) is 4.86. The highest BCUT2D eigenvalue weighted by molar-refractivity contribution is 5.69. The summed E-state index contributed by atoms with van der Waals surface area (Å²) in [5.41, 5.74) is 4.31. The van der Waals surface area contributed by atoms with Gasteiger partial charge in [-0.1, -0.05) is 24.3 Å². The van der Waals surface area contributed by atoms with Crippen molar-refractivity contribution in [2.45, 2.75) is 31.9 Å². The molecule has 0 saturated heterocycles. The third-order valence-corrected chi connectivity index (χ3v) is 5.15. The Balaban J connectivity index is 1.63. The normalized spacial score (nSPS) is 25.0. The van der Waals surface area contributed by atoms with Gasteiger partial charge in [0.2, 0.25) is 0 Å². The van der Waals surface area contributed by atoms with Crippen molar-refractivity contribution in [1.29, 1.82) is 0 Å². The molecule has 0 fully saturated rings. The van der Waals surface area contributed by atoms with Gasteiger partial charge in [0.05, 0.1) is 24.3 Å². The van der Waals surface area contributed by atoms with Gasteiger partial charge >= 0.3 is 0 Å². The summed E-state index contributed by atoms with van der Waals surface area (Å²) in [5.74, 6) is 1.54. The molecule has 1 aliphatic carbocycles. The monoisotopic (exact) mass is 307 g/mol. The van der Waals surface area contributed by atoms with Crippen molar-refractivity contribution in [1.82, 2.24) is 14.5 Å². The number of imidazole rings is 1. The molecule has 116 valence electrons. The lowest BCUT2D eigenvalue weighted by Gasteiger charge is -2.32. The molecule has 5 rings (SSSR count). The predicted octanol–water partition coefficient (Wildman–Crippen LogP) is 3.05. The van der Waals surface area contributed by atoms with Crippen molar-refractivity contribution in [3.05, 3.63) is 59.7 Å². The smallest absolute Gasteiger partial charge is 0.191 e. The summed E-state index contributed by atoms with van der Waals surface area (Å²) in [7, 11) is 0. The van der Waals surface area contributed by atoms with E-state index in [4.69, 9.17) is 4.42 Å². The van der Waals surface area contributed by atoms with E-state index in [1.165, 1.54) is 11.1 Å². The summed E-state index contributed by atoms with van der Waals surface area (Å²) in [6, 6.07) is 8.50. The van der Waals surface area contributed by atoms with Crippen molar-refractivity contribution >= 4 is 0 Å². The van der Waals surface area contributed by atoms with Gasteiger partial charge in [-0.3, -0.25) is 0 Å². The lowest BCUT2D eigenvalue weighted by Crippen LogP contribution is -2.28. The first-order valence-electron chi connectivity index (χ1n) is 7.99. The van der Waals surface area contributed by atoms with Gasteiger partial charge in [0.1, 0.15) is 17.6 Å². The molecular weight excluding hydrogens is 290 g/mol. The van der Waals surface area contributed by atoms with E-state index in [1.54, 1.807) is 0 Å². The first kappa shape index (κ1) is 13.1. The summed E-state index contributed by atoms with van der Waals surface area (Å²) < 4.78 is 7.81. The fraction of sp³-hybridized carbons (Fsp3) is 0.333. The summed E-state index contributed by atoms with van der Waals surface area (Å²) in [5, 5.41) is 10.9. The van der Waals surface area contributed by atoms with Crippen molar-refractivity contribution in [3.63, 3.8) is 0 Å². The number of hydrogen-bond acceptors (Lipinski definition) is 4. The molecule has 2 aromatic heterocycles. The van der Waals surface area contributed by atoms with Crippen LogP contribution in [0.2, 0.25) is 0 Å². The number of aryl methyl sites for hydroxylation is 2. The lowest BCUT2D eigenvalue weighted by molar-refractivity contribution is 0.0656. The number of oxazole rings is 1. The fourth-order valence-electron chi connectivity index (χ4n) is 4.19. The van der Waals surface area contributed by atoms with E-state index in [2.05, 4.69) is 38.8 Å². The van der Waals surface area contributed by atoms with Crippen molar-refractivity contribution in [3.8, 4) is 11.3 Å². The Bertz CT molecular complexity index is 895. The van der Waals surface area contributed by atoms with Crippen LogP contribution in [0.25, 0.3) is 11.3 Å². The molecule has 5 nitrogen and oxygen atoms in total. The molecule has 0 radical (unpaired) electrons. The maximum atomic E-state index is 10.9. The number of nitrogens with zero attached hydrogens (tertiary/aromatic N) is 3. The maximum Gasteiger partial charge on any atom is 0.191 e. The van der Waals surface area contributed by atoms with Gasteiger partial charge < -0.3 is 14.1 Å². The van der Waals surface area contributed by atoms with E-state index in [-0.39, 0.29) is 12.0 Å². The van der Waals surface area contributed by atoms with Crippen LogP contribution >= 0.6 is 0 Å². The molecule has 1 aromatic carbocycles. The predicted molar refractivity (Wildman–Crippen MR) is 83.8 cm³/mol. The lowest BCUT2D eigenvalue weighted by atomic mass is 9.79. The Labute approximate surface area is 133 Å². The SMILES string of the molecule is Cc1nc2c(o1)CC[C@@H](C1c3ccccc3-c3cncn31)[C@@H]2O. The van der Waals surface area contributed by atoms with Crippen molar-refractivity contribution in [2.75, 3.05) is 0 Å². The number of aliphatic hydroxyl groups excluding tert-OH is 1. The molecule has 0 saturated carbocycles. The number of aromatic nitrogens is 3. The van der Waals surface area contributed by atoms with Gasteiger partial charge in [-0.25, -0.2) is 9.97 Å². The molecule has 23 heavy (non-hydrogen) atoms. The molecule has 1 aliphatic heterocycles. The molecule has 5 heteroatoms. The van der Waals surface area contributed by atoms with Crippen LogP contribution in [0.1, 0.15) is 41.5 Å². The number of fused-ring (bicyclic) bond motifs is 4. The molecule has 3 heterocycles. The highest BCUT2D eigenvalue weighted by atomic mass is 16.4. The molecule has 3 aromatic rings. The fourth-order valence-corrected chi connectivity index (χ4v) is 4.19. The Morgan fingerprint density at radius 3 is 3.09 bits per heavy atom. The zero-order valence-electron chi connectivity index (χ0n) is 12.8. The van der Waals surface area contributed by atoms with Gasteiger partial charge in [0.25, 0.3) is 0 Å². The first-order valence-corrected chi connectivity index (χ1v) is 7.99. The van der Waals surface area contributed by atoms with E-state index >= 15 is 0 Å². The van der Waals surface area contributed by atoms with Crippen LogP contribution in [-0.4, -0.2) is 19.6 Å². The van der Waals surface area contributed by atoms with E-state index in [0.29, 0.717) is 11.6 Å². The summed E-state index contributed by atoms with van der Waals surface area (Å²) >= 11 is 0. The topological polar surface area (TPSA) is 64.1 Å². The Morgan fingerprint density at radius 2 is 2.17 bits per heavy atom. The van der Waals surface area contributed by atoms with E-state index in [9.17, 15) is 5.11 Å². The third-order valence-electron chi connectivity index (χ3n) is 5.15.